The maximum atomic E-state index is 6.41. The molecule has 2 atom stereocenters. The molecule has 0 amide bonds. The molecule has 0 aromatic heterocycles. The molecule has 0 aliphatic carbocycles. The van der Waals surface area contributed by atoms with Crippen molar-refractivity contribution in [2.45, 2.75) is 52.5 Å². The monoisotopic (exact) mass is 219 g/mol. The summed E-state index contributed by atoms with van der Waals surface area (Å²) in [5.74, 6) is 0.681. The Labute approximate surface area is 100 Å². The number of hydrogen-bond donors (Lipinski definition) is 1. The first-order valence-electron chi connectivity index (χ1n) is 6.38. The van der Waals surface area contributed by atoms with Crippen LogP contribution in [-0.2, 0) is 12.0 Å². The largest absolute Gasteiger partial charge is 0.322 e. The number of nitrogens with two attached hydrogens (primary N) is 1. The van der Waals surface area contributed by atoms with Crippen molar-refractivity contribution in [2.24, 2.45) is 11.7 Å². The van der Waals surface area contributed by atoms with Crippen molar-refractivity contribution >= 4 is 0 Å². The van der Waals surface area contributed by atoms with Crippen molar-refractivity contribution in [3.05, 3.63) is 35.4 Å². The van der Waals surface area contributed by atoms with Crippen LogP contribution in [0, 0.1) is 5.92 Å². The number of hydrogen-bond acceptors (Lipinski definition) is 1. The van der Waals surface area contributed by atoms with E-state index in [0.717, 1.165) is 12.8 Å². The van der Waals surface area contributed by atoms with Crippen LogP contribution in [0.5, 0.6) is 0 Å². The van der Waals surface area contributed by atoms with Crippen molar-refractivity contribution in [1.29, 1.82) is 0 Å². The average molecular weight is 219 g/mol. The molecule has 1 heteroatoms. The van der Waals surface area contributed by atoms with Crippen molar-refractivity contribution < 1.29 is 0 Å². The quantitative estimate of drug-likeness (QED) is 0.799. The molecule has 90 valence electrons. The second-order valence-electron chi connectivity index (χ2n) is 5.19. The normalized spacial score (nSPS) is 16.8. The Morgan fingerprint density at radius 2 is 1.75 bits per heavy atom. The van der Waals surface area contributed by atoms with Crippen LogP contribution in [0.4, 0.5) is 0 Å². The van der Waals surface area contributed by atoms with Crippen LogP contribution in [0.25, 0.3) is 0 Å². The highest BCUT2D eigenvalue weighted by atomic mass is 14.7. The predicted octanol–water partition coefficient (Wildman–Crippen LogP) is 3.86. The minimum atomic E-state index is -0.193. The van der Waals surface area contributed by atoms with E-state index in [2.05, 4.69) is 52.0 Å². The van der Waals surface area contributed by atoms with Gasteiger partial charge in [0.05, 0.1) is 0 Å². The predicted molar refractivity (Wildman–Crippen MR) is 71.4 cm³/mol. The zero-order chi connectivity index (χ0) is 12.2. The van der Waals surface area contributed by atoms with Gasteiger partial charge in [0.25, 0.3) is 0 Å². The maximum absolute atomic E-state index is 6.41. The minimum Gasteiger partial charge on any atom is -0.322 e. The summed E-state index contributed by atoms with van der Waals surface area (Å²) in [5, 5.41) is 0. The summed E-state index contributed by atoms with van der Waals surface area (Å²) >= 11 is 0. The molecular formula is C15H25N. The van der Waals surface area contributed by atoms with Crippen molar-refractivity contribution in [3.8, 4) is 0 Å². The van der Waals surface area contributed by atoms with Crippen LogP contribution in [-0.4, -0.2) is 0 Å². The van der Waals surface area contributed by atoms with E-state index in [1.54, 1.807) is 0 Å². The molecule has 1 rings (SSSR count). The first-order valence-corrected chi connectivity index (χ1v) is 6.38. The van der Waals surface area contributed by atoms with Crippen LogP contribution in [0.2, 0.25) is 0 Å². The smallest absolute Gasteiger partial charge is 0.0383 e. The van der Waals surface area contributed by atoms with Gasteiger partial charge >= 0.3 is 0 Å². The fraction of sp³-hybridized carbons (Fsp3) is 0.600. The van der Waals surface area contributed by atoms with E-state index in [9.17, 15) is 0 Å². The molecule has 1 aromatic rings. The third-order valence-electron chi connectivity index (χ3n) is 3.49. The average Bonchev–Trinajstić information content (AvgIpc) is 2.28. The van der Waals surface area contributed by atoms with E-state index < -0.39 is 0 Å². The molecule has 2 unspecified atom stereocenters. The van der Waals surface area contributed by atoms with Crippen molar-refractivity contribution in [3.63, 3.8) is 0 Å². The summed E-state index contributed by atoms with van der Waals surface area (Å²) in [5.41, 5.74) is 8.85. The molecule has 16 heavy (non-hydrogen) atoms. The van der Waals surface area contributed by atoms with Crippen LogP contribution < -0.4 is 5.73 Å². The first kappa shape index (κ1) is 13.2. The topological polar surface area (TPSA) is 26.0 Å². The number of rotatable bonds is 5. The van der Waals surface area contributed by atoms with Gasteiger partial charge in [0, 0.05) is 5.54 Å². The Kier molecular flexibility index (Phi) is 4.55. The summed E-state index contributed by atoms with van der Waals surface area (Å²) in [6, 6.07) is 8.75. The van der Waals surface area contributed by atoms with Crippen LogP contribution in [0.1, 0.15) is 51.7 Å². The van der Waals surface area contributed by atoms with Crippen LogP contribution in [0.3, 0.4) is 0 Å². The van der Waals surface area contributed by atoms with E-state index in [0.29, 0.717) is 5.92 Å². The SMILES string of the molecule is CCc1ccc(C(C)(N)CC(C)CC)cc1. The zero-order valence-electron chi connectivity index (χ0n) is 11.1. The maximum Gasteiger partial charge on any atom is 0.0383 e. The number of benzene rings is 1. The summed E-state index contributed by atoms with van der Waals surface area (Å²) in [7, 11) is 0. The lowest BCUT2D eigenvalue weighted by Gasteiger charge is -2.28. The van der Waals surface area contributed by atoms with Gasteiger partial charge in [-0.2, -0.15) is 0 Å². The Hall–Kier alpha value is -0.820. The molecule has 0 aliphatic rings. The van der Waals surface area contributed by atoms with E-state index in [1.807, 2.05) is 0 Å². The first-order chi connectivity index (χ1) is 7.49. The third-order valence-corrected chi connectivity index (χ3v) is 3.49. The highest BCUT2D eigenvalue weighted by Crippen LogP contribution is 2.27. The molecular weight excluding hydrogens is 194 g/mol. The Balaban J connectivity index is 2.80. The summed E-state index contributed by atoms with van der Waals surface area (Å²) < 4.78 is 0. The standard InChI is InChI=1S/C15H25N/c1-5-12(3)11-15(4,16)14-9-7-13(6-2)8-10-14/h7-10,12H,5-6,11,16H2,1-4H3. The lowest BCUT2D eigenvalue weighted by Crippen LogP contribution is -2.34. The van der Waals surface area contributed by atoms with E-state index in [1.165, 1.54) is 17.5 Å². The summed E-state index contributed by atoms with van der Waals surface area (Å²) in [6.07, 6.45) is 3.34. The van der Waals surface area contributed by atoms with E-state index in [4.69, 9.17) is 5.73 Å². The van der Waals surface area contributed by atoms with Crippen LogP contribution >= 0.6 is 0 Å². The Morgan fingerprint density at radius 1 is 1.19 bits per heavy atom. The molecule has 0 bridgehead atoms. The lowest BCUT2D eigenvalue weighted by atomic mass is 9.83. The molecule has 0 aliphatic heterocycles. The zero-order valence-corrected chi connectivity index (χ0v) is 11.1. The Bertz CT molecular complexity index is 311. The molecule has 0 fully saturated rings. The van der Waals surface area contributed by atoms with Gasteiger partial charge in [0.2, 0.25) is 0 Å². The highest BCUT2D eigenvalue weighted by molar-refractivity contribution is 5.27. The molecule has 1 nitrogen and oxygen atoms in total. The second kappa shape index (κ2) is 5.49. The lowest BCUT2D eigenvalue weighted by molar-refractivity contribution is 0.356. The molecule has 0 heterocycles. The number of aryl methyl sites for hydroxylation is 1. The van der Waals surface area contributed by atoms with Gasteiger partial charge in [-0.3, -0.25) is 0 Å². The molecule has 0 saturated heterocycles. The van der Waals surface area contributed by atoms with E-state index in [-0.39, 0.29) is 5.54 Å². The molecule has 2 N–H and O–H groups in total. The van der Waals surface area contributed by atoms with Gasteiger partial charge in [-0.15, -0.1) is 0 Å². The van der Waals surface area contributed by atoms with Gasteiger partial charge < -0.3 is 5.73 Å². The molecule has 1 aromatic carbocycles. The van der Waals surface area contributed by atoms with Gasteiger partial charge in [-0.25, -0.2) is 0 Å². The molecule has 0 spiro atoms. The fourth-order valence-corrected chi connectivity index (χ4v) is 2.11. The van der Waals surface area contributed by atoms with Gasteiger partial charge in [0.1, 0.15) is 0 Å². The summed E-state index contributed by atoms with van der Waals surface area (Å²) in [6.45, 7) is 8.81. The van der Waals surface area contributed by atoms with Gasteiger partial charge in [0.15, 0.2) is 0 Å². The fourth-order valence-electron chi connectivity index (χ4n) is 2.11. The second-order valence-corrected chi connectivity index (χ2v) is 5.19. The van der Waals surface area contributed by atoms with Gasteiger partial charge in [-0.1, -0.05) is 51.5 Å². The van der Waals surface area contributed by atoms with Crippen LogP contribution in [0.15, 0.2) is 24.3 Å². The summed E-state index contributed by atoms with van der Waals surface area (Å²) in [4.78, 5) is 0. The van der Waals surface area contributed by atoms with Crippen molar-refractivity contribution in [1.82, 2.24) is 0 Å². The van der Waals surface area contributed by atoms with E-state index >= 15 is 0 Å². The highest BCUT2D eigenvalue weighted by Gasteiger charge is 2.22. The molecule has 0 saturated carbocycles. The minimum absolute atomic E-state index is 0.193. The van der Waals surface area contributed by atoms with Crippen molar-refractivity contribution in [2.75, 3.05) is 0 Å². The third kappa shape index (κ3) is 3.34. The molecule has 0 radical (unpaired) electrons. The Morgan fingerprint density at radius 3 is 2.19 bits per heavy atom. The van der Waals surface area contributed by atoms with Gasteiger partial charge in [-0.05, 0) is 36.8 Å².